The highest BCUT2D eigenvalue weighted by molar-refractivity contribution is 5.47. The molecule has 22 heavy (non-hydrogen) atoms. The number of benzene rings is 3. The molecule has 109 valence electrons. The molecule has 0 aliphatic heterocycles. The number of ether oxygens (including phenoxy) is 1. The lowest BCUT2D eigenvalue weighted by molar-refractivity contribution is 0.306. The Morgan fingerprint density at radius 3 is 2.23 bits per heavy atom. The molecule has 3 aromatic carbocycles. The van der Waals surface area contributed by atoms with Crippen LogP contribution in [-0.4, -0.2) is 0 Å². The Morgan fingerprint density at radius 1 is 0.818 bits per heavy atom. The van der Waals surface area contributed by atoms with Crippen LogP contribution in [0.25, 0.3) is 0 Å². The standard InChI is InChI=1S/C20H18NO/c1-3-8-17(9-4-1)15-21-19-12-7-13-20(14-19)22-16-18-10-5-2-6-11-18/h1-11,13-14,21H,15-16H2. The summed E-state index contributed by atoms with van der Waals surface area (Å²) >= 11 is 0. The molecule has 1 radical (unpaired) electrons. The third-order valence-corrected chi connectivity index (χ3v) is 3.35. The predicted octanol–water partition coefficient (Wildman–Crippen LogP) is 4.68. The van der Waals surface area contributed by atoms with Gasteiger partial charge in [0.1, 0.15) is 12.4 Å². The average molecular weight is 288 g/mol. The minimum Gasteiger partial charge on any atom is -0.489 e. The van der Waals surface area contributed by atoms with E-state index < -0.39 is 0 Å². The highest BCUT2D eigenvalue weighted by Crippen LogP contribution is 2.18. The van der Waals surface area contributed by atoms with Crippen molar-refractivity contribution in [3.05, 3.63) is 96.1 Å². The lowest BCUT2D eigenvalue weighted by atomic mass is 10.2. The summed E-state index contributed by atoms with van der Waals surface area (Å²) in [5.41, 5.74) is 3.34. The van der Waals surface area contributed by atoms with E-state index >= 15 is 0 Å². The lowest BCUT2D eigenvalue weighted by Gasteiger charge is -2.10. The van der Waals surface area contributed by atoms with Crippen LogP contribution in [0.3, 0.4) is 0 Å². The maximum absolute atomic E-state index is 5.82. The molecule has 2 nitrogen and oxygen atoms in total. The van der Waals surface area contributed by atoms with Gasteiger partial charge in [0.25, 0.3) is 0 Å². The number of hydrogen-bond acceptors (Lipinski definition) is 2. The molecule has 3 aromatic rings. The van der Waals surface area contributed by atoms with Crippen molar-refractivity contribution < 1.29 is 4.74 Å². The summed E-state index contributed by atoms with van der Waals surface area (Å²) in [5.74, 6) is 0.846. The molecule has 1 N–H and O–H groups in total. The van der Waals surface area contributed by atoms with Gasteiger partial charge < -0.3 is 10.1 Å². The normalized spacial score (nSPS) is 10.2. The molecule has 0 unspecified atom stereocenters. The van der Waals surface area contributed by atoms with Crippen LogP contribution in [0.2, 0.25) is 0 Å². The molecule has 0 aromatic heterocycles. The van der Waals surface area contributed by atoms with Gasteiger partial charge in [0.15, 0.2) is 0 Å². The van der Waals surface area contributed by atoms with Crippen molar-refractivity contribution >= 4 is 5.69 Å². The highest BCUT2D eigenvalue weighted by Gasteiger charge is 1.99. The molecule has 0 atom stereocenters. The van der Waals surface area contributed by atoms with Crippen molar-refractivity contribution in [2.75, 3.05) is 5.32 Å². The lowest BCUT2D eigenvalue weighted by Crippen LogP contribution is -2.00. The first-order valence-electron chi connectivity index (χ1n) is 7.36. The third-order valence-electron chi connectivity index (χ3n) is 3.35. The predicted molar refractivity (Wildman–Crippen MR) is 89.8 cm³/mol. The summed E-state index contributed by atoms with van der Waals surface area (Å²) in [7, 11) is 0. The zero-order chi connectivity index (χ0) is 15.0. The van der Waals surface area contributed by atoms with Crippen LogP contribution in [0.5, 0.6) is 5.75 Å². The first kappa shape index (κ1) is 14.2. The van der Waals surface area contributed by atoms with Gasteiger partial charge in [0.05, 0.1) is 0 Å². The fourth-order valence-electron chi connectivity index (χ4n) is 2.17. The fourth-order valence-corrected chi connectivity index (χ4v) is 2.17. The number of anilines is 1. The van der Waals surface area contributed by atoms with Crippen molar-refractivity contribution in [2.24, 2.45) is 0 Å². The molecule has 0 aliphatic carbocycles. The molecule has 2 heteroatoms. The Balaban J connectivity index is 1.58. The van der Waals surface area contributed by atoms with E-state index in [2.05, 4.69) is 35.6 Å². The van der Waals surface area contributed by atoms with E-state index in [0.29, 0.717) is 6.61 Å². The molecule has 0 fully saturated rings. The van der Waals surface area contributed by atoms with Crippen molar-refractivity contribution in [3.63, 3.8) is 0 Å². The van der Waals surface area contributed by atoms with Gasteiger partial charge in [-0.05, 0) is 23.3 Å². The number of nitrogens with one attached hydrogen (secondary N) is 1. The molecular formula is C20H18NO. The van der Waals surface area contributed by atoms with E-state index in [9.17, 15) is 0 Å². The molecule has 0 heterocycles. The summed E-state index contributed by atoms with van der Waals surface area (Å²) in [6, 6.07) is 29.4. The van der Waals surface area contributed by atoms with Crippen LogP contribution < -0.4 is 10.1 Å². The molecule has 0 aliphatic rings. The molecule has 0 amide bonds. The molecule has 0 spiro atoms. The molecule has 0 bridgehead atoms. The summed E-state index contributed by atoms with van der Waals surface area (Å²) in [6.45, 7) is 1.35. The topological polar surface area (TPSA) is 21.3 Å². The minimum atomic E-state index is 0.572. The van der Waals surface area contributed by atoms with Crippen LogP contribution in [0, 0.1) is 6.07 Å². The van der Waals surface area contributed by atoms with Gasteiger partial charge in [-0.1, -0.05) is 60.7 Å². The Labute approximate surface area is 131 Å². The monoisotopic (exact) mass is 288 g/mol. The van der Waals surface area contributed by atoms with Crippen molar-refractivity contribution in [1.29, 1.82) is 0 Å². The minimum absolute atomic E-state index is 0.572. The molecular weight excluding hydrogens is 270 g/mol. The Hall–Kier alpha value is -2.74. The SMILES string of the molecule is [c]1ccc(OCc2ccccc2)cc1NCc1ccccc1. The zero-order valence-electron chi connectivity index (χ0n) is 12.3. The van der Waals surface area contributed by atoms with E-state index in [1.54, 1.807) is 0 Å². The van der Waals surface area contributed by atoms with Gasteiger partial charge in [-0.15, -0.1) is 0 Å². The summed E-state index contributed by atoms with van der Waals surface area (Å²) in [6.07, 6.45) is 0. The Bertz CT molecular complexity index is 636. The second-order valence-corrected chi connectivity index (χ2v) is 5.05. The van der Waals surface area contributed by atoms with E-state index in [0.717, 1.165) is 23.5 Å². The number of hydrogen-bond donors (Lipinski definition) is 1. The molecule has 0 saturated carbocycles. The van der Waals surface area contributed by atoms with Crippen LogP contribution >= 0.6 is 0 Å². The van der Waals surface area contributed by atoms with Gasteiger partial charge in [0, 0.05) is 24.4 Å². The van der Waals surface area contributed by atoms with Gasteiger partial charge >= 0.3 is 0 Å². The van der Waals surface area contributed by atoms with Gasteiger partial charge in [-0.3, -0.25) is 0 Å². The fraction of sp³-hybridized carbons (Fsp3) is 0.100. The van der Waals surface area contributed by atoms with Gasteiger partial charge in [-0.2, -0.15) is 0 Å². The highest BCUT2D eigenvalue weighted by atomic mass is 16.5. The van der Waals surface area contributed by atoms with Crippen molar-refractivity contribution in [3.8, 4) is 5.75 Å². The quantitative estimate of drug-likeness (QED) is 0.711. The van der Waals surface area contributed by atoms with Crippen LogP contribution in [0.4, 0.5) is 5.69 Å². The van der Waals surface area contributed by atoms with Crippen LogP contribution in [-0.2, 0) is 13.2 Å². The molecule has 3 rings (SSSR count). The van der Waals surface area contributed by atoms with E-state index in [1.165, 1.54) is 5.56 Å². The second kappa shape index (κ2) is 7.32. The third kappa shape index (κ3) is 4.13. The second-order valence-electron chi connectivity index (χ2n) is 5.05. The Kier molecular flexibility index (Phi) is 4.73. The first-order valence-corrected chi connectivity index (χ1v) is 7.36. The van der Waals surface area contributed by atoms with E-state index in [4.69, 9.17) is 4.74 Å². The Morgan fingerprint density at radius 2 is 1.50 bits per heavy atom. The number of rotatable bonds is 6. The van der Waals surface area contributed by atoms with Crippen LogP contribution in [0.1, 0.15) is 11.1 Å². The van der Waals surface area contributed by atoms with Gasteiger partial charge in [-0.25, -0.2) is 0 Å². The average Bonchev–Trinajstić information content (AvgIpc) is 2.60. The maximum Gasteiger partial charge on any atom is 0.121 e. The first-order chi connectivity index (χ1) is 10.9. The summed E-state index contributed by atoms with van der Waals surface area (Å²) in [4.78, 5) is 0. The summed E-state index contributed by atoms with van der Waals surface area (Å²) in [5, 5.41) is 3.36. The smallest absolute Gasteiger partial charge is 0.121 e. The zero-order valence-corrected chi connectivity index (χ0v) is 12.3. The van der Waals surface area contributed by atoms with E-state index in [-0.39, 0.29) is 0 Å². The van der Waals surface area contributed by atoms with E-state index in [1.807, 2.05) is 54.6 Å². The molecule has 0 saturated heterocycles. The van der Waals surface area contributed by atoms with Crippen molar-refractivity contribution in [1.82, 2.24) is 0 Å². The van der Waals surface area contributed by atoms with Gasteiger partial charge in [0.2, 0.25) is 0 Å². The van der Waals surface area contributed by atoms with Crippen molar-refractivity contribution in [2.45, 2.75) is 13.2 Å². The maximum atomic E-state index is 5.82. The largest absolute Gasteiger partial charge is 0.489 e. The summed E-state index contributed by atoms with van der Waals surface area (Å²) < 4.78 is 5.82. The van der Waals surface area contributed by atoms with Crippen LogP contribution in [0.15, 0.2) is 78.9 Å².